The molecular formula is C17H26N2O2. The minimum atomic E-state index is -0.930. The molecule has 1 fully saturated rings. The Bertz CT molecular complexity index is 445. The van der Waals surface area contributed by atoms with E-state index in [1.807, 2.05) is 30.3 Å². The van der Waals surface area contributed by atoms with E-state index >= 15 is 0 Å². The first-order valence-electron chi connectivity index (χ1n) is 7.87. The number of benzene rings is 1. The molecule has 0 saturated heterocycles. The van der Waals surface area contributed by atoms with Crippen LogP contribution in [0, 0.1) is 5.92 Å². The second-order valence-electron chi connectivity index (χ2n) is 5.85. The van der Waals surface area contributed by atoms with Gasteiger partial charge in [0.1, 0.15) is 5.54 Å². The van der Waals surface area contributed by atoms with Crippen molar-refractivity contribution in [3.8, 4) is 0 Å². The lowest BCUT2D eigenvalue weighted by molar-refractivity contribution is -0.127. The minimum absolute atomic E-state index is 0.291. The first kappa shape index (κ1) is 16.0. The number of carbonyl (C=O) groups is 1. The van der Waals surface area contributed by atoms with Crippen LogP contribution in [0.15, 0.2) is 30.3 Å². The standard InChI is InChI=1S/C17H26N2O2/c1-2-11-19-17(16(18)20,15-6-4-3-5-7-15)13-21-12-10-14-8-9-14/h3-7,14,19H,2,8-13H2,1H3,(H2,18,20). The second-order valence-corrected chi connectivity index (χ2v) is 5.85. The molecule has 4 nitrogen and oxygen atoms in total. The van der Waals surface area contributed by atoms with E-state index in [-0.39, 0.29) is 5.91 Å². The quantitative estimate of drug-likeness (QED) is 0.649. The summed E-state index contributed by atoms with van der Waals surface area (Å²) in [6, 6.07) is 9.63. The molecule has 0 heterocycles. The van der Waals surface area contributed by atoms with E-state index in [0.29, 0.717) is 13.2 Å². The smallest absolute Gasteiger partial charge is 0.244 e. The van der Waals surface area contributed by atoms with E-state index in [4.69, 9.17) is 10.5 Å². The van der Waals surface area contributed by atoms with Gasteiger partial charge in [-0.05, 0) is 30.9 Å². The van der Waals surface area contributed by atoms with Crippen molar-refractivity contribution in [2.24, 2.45) is 11.7 Å². The number of hydrogen-bond acceptors (Lipinski definition) is 3. The summed E-state index contributed by atoms with van der Waals surface area (Å²) in [6.07, 6.45) is 4.65. The van der Waals surface area contributed by atoms with Crippen molar-refractivity contribution in [1.29, 1.82) is 0 Å². The fourth-order valence-electron chi connectivity index (χ4n) is 2.48. The van der Waals surface area contributed by atoms with Crippen LogP contribution in [0.25, 0.3) is 0 Å². The van der Waals surface area contributed by atoms with Crippen LogP contribution in [0.4, 0.5) is 0 Å². The third kappa shape index (κ3) is 4.29. The molecule has 21 heavy (non-hydrogen) atoms. The summed E-state index contributed by atoms with van der Waals surface area (Å²) in [6.45, 7) is 3.78. The highest BCUT2D eigenvalue weighted by Crippen LogP contribution is 2.32. The molecule has 1 aromatic carbocycles. The van der Waals surface area contributed by atoms with Gasteiger partial charge in [-0.2, -0.15) is 0 Å². The van der Waals surface area contributed by atoms with E-state index in [2.05, 4.69) is 12.2 Å². The van der Waals surface area contributed by atoms with Gasteiger partial charge in [-0.15, -0.1) is 0 Å². The zero-order valence-corrected chi connectivity index (χ0v) is 12.8. The summed E-state index contributed by atoms with van der Waals surface area (Å²) in [5.41, 5.74) is 5.66. The van der Waals surface area contributed by atoms with Crippen molar-refractivity contribution in [3.05, 3.63) is 35.9 Å². The van der Waals surface area contributed by atoms with Crippen LogP contribution in [-0.4, -0.2) is 25.7 Å². The van der Waals surface area contributed by atoms with Crippen LogP contribution in [0.1, 0.15) is 38.2 Å². The highest BCUT2D eigenvalue weighted by molar-refractivity contribution is 5.86. The molecule has 1 saturated carbocycles. The van der Waals surface area contributed by atoms with Gasteiger partial charge in [0.25, 0.3) is 0 Å². The zero-order chi connectivity index (χ0) is 15.1. The number of ether oxygens (including phenoxy) is 1. The molecule has 1 atom stereocenters. The fourth-order valence-corrected chi connectivity index (χ4v) is 2.48. The molecule has 2 rings (SSSR count). The fraction of sp³-hybridized carbons (Fsp3) is 0.588. The Labute approximate surface area is 127 Å². The van der Waals surface area contributed by atoms with Crippen molar-refractivity contribution >= 4 is 5.91 Å². The zero-order valence-electron chi connectivity index (χ0n) is 12.8. The summed E-state index contributed by atoms with van der Waals surface area (Å²) in [4.78, 5) is 12.1. The SMILES string of the molecule is CCCNC(COCCC1CC1)(C(N)=O)c1ccccc1. The van der Waals surface area contributed by atoms with Crippen molar-refractivity contribution in [2.75, 3.05) is 19.8 Å². The number of rotatable bonds is 10. The Kier molecular flexibility index (Phi) is 5.76. The van der Waals surface area contributed by atoms with Crippen LogP contribution in [0.3, 0.4) is 0 Å². The van der Waals surface area contributed by atoms with Gasteiger partial charge < -0.3 is 10.5 Å². The van der Waals surface area contributed by atoms with Gasteiger partial charge >= 0.3 is 0 Å². The lowest BCUT2D eigenvalue weighted by Crippen LogP contribution is -2.56. The van der Waals surface area contributed by atoms with Crippen molar-refractivity contribution < 1.29 is 9.53 Å². The Balaban J connectivity index is 2.07. The molecule has 0 radical (unpaired) electrons. The van der Waals surface area contributed by atoms with Gasteiger partial charge in [0.15, 0.2) is 0 Å². The van der Waals surface area contributed by atoms with E-state index < -0.39 is 5.54 Å². The maximum absolute atomic E-state index is 12.1. The van der Waals surface area contributed by atoms with Crippen LogP contribution < -0.4 is 11.1 Å². The largest absolute Gasteiger partial charge is 0.379 e. The lowest BCUT2D eigenvalue weighted by Gasteiger charge is -2.32. The Morgan fingerprint density at radius 1 is 1.38 bits per heavy atom. The Morgan fingerprint density at radius 3 is 2.67 bits per heavy atom. The topological polar surface area (TPSA) is 64.3 Å². The van der Waals surface area contributed by atoms with Crippen molar-refractivity contribution in [3.63, 3.8) is 0 Å². The van der Waals surface area contributed by atoms with E-state index in [1.54, 1.807) is 0 Å². The van der Waals surface area contributed by atoms with Crippen molar-refractivity contribution in [2.45, 2.75) is 38.1 Å². The van der Waals surface area contributed by atoms with E-state index in [1.165, 1.54) is 12.8 Å². The summed E-state index contributed by atoms with van der Waals surface area (Å²) in [7, 11) is 0. The average Bonchev–Trinajstić information content (AvgIpc) is 3.31. The van der Waals surface area contributed by atoms with Crippen LogP contribution >= 0.6 is 0 Å². The molecule has 1 aliphatic rings. The minimum Gasteiger partial charge on any atom is -0.379 e. The number of nitrogens with one attached hydrogen (secondary N) is 1. The monoisotopic (exact) mass is 290 g/mol. The molecule has 1 unspecified atom stereocenters. The number of primary amides is 1. The van der Waals surface area contributed by atoms with Crippen LogP contribution in [0.2, 0.25) is 0 Å². The Hall–Kier alpha value is -1.39. The third-order valence-electron chi connectivity index (χ3n) is 4.05. The van der Waals surface area contributed by atoms with E-state index in [0.717, 1.165) is 30.9 Å². The van der Waals surface area contributed by atoms with Crippen molar-refractivity contribution in [1.82, 2.24) is 5.32 Å². The van der Waals surface area contributed by atoms with Gasteiger partial charge in [-0.1, -0.05) is 50.1 Å². The van der Waals surface area contributed by atoms with Gasteiger partial charge in [0.05, 0.1) is 6.61 Å². The maximum atomic E-state index is 12.1. The van der Waals surface area contributed by atoms with Gasteiger partial charge in [0, 0.05) is 6.61 Å². The molecular weight excluding hydrogens is 264 g/mol. The highest BCUT2D eigenvalue weighted by Gasteiger charge is 2.38. The normalized spacial score (nSPS) is 17.4. The summed E-state index contributed by atoms with van der Waals surface area (Å²) in [5.74, 6) is 0.446. The molecule has 0 aliphatic heterocycles. The molecule has 1 aliphatic carbocycles. The van der Waals surface area contributed by atoms with Gasteiger partial charge in [-0.25, -0.2) is 0 Å². The highest BCUT2D eigenvalue weighted by atomic mass is 16.5. The summed E-state index contributed by atoms with van der Waals surface area (Å²) in [5, 5.41) is 3.30. The average molecular weight is 290 g/mol. The molecule has 0 bridgehead atoms. The first-order chi connectivity index (χ1) is 10.2. The molecule has 3 N–H and O–H groups in total. The number of amides is 1. The first-order valence-corrected chi connectivity index (χ1v) is 7.87. The van der Waals surface area contributed by atoms with Gasteiger partial charge in [-0.3, -0.25) is 10.1 Å². The lowest BCUT2D eigenvalue weighted by atomic mass is 9.89. The third-order valence-corrected chi connectivity index (χ3v) is 4.05. The summed E-state index contributed by atoms with van der Waals surface area (Å²) < 4.78 is 5.80. The number of nitrogens with two attached hydrogens (primary N) is 1. The van der Waals surface area contributed by atoms with Crippen LogP contribution in [-0.2, 0) is 15.1 Å². The van der Waals surface area contributed by atoms with Gasteiger partial charge in [0.2, 0.25) is 5.91 Å². The molecule has 4 heteroatoms. The van der Waals surface area contributed by atoms with Crippen LogP contribution in [0.5, 0.6) is 0 Å². The molecule has 1 aromatic rings. The predicted molar refractivity (Wildman–Crippen MR) is 83.8 cm³/mol. The maximum Gasteiger partial charge on any atom is 0.244 e. The predicted octanol–water partition coefficient (Wildman–Crippen LogP) is 2.18. The molecule has 0 aromatic heterocycles. The number of hydrogen-bond donors (Lipinski definition) is 2. The Morgan fingerprint density at radius 2 is 2.10 bits per heavy atom. The second kappa shape index (κ2) is 7.57. The molecule has 0 spiro atoms. The van der Waals surface area contributed by atoms with E-state index in [9.17, 15) is 4.79 Å². The molecule has 1 amide bonds. The summed E-state index contributed by atoms with van der Waals surface area (Å²) >= 11 is 0. The molecule has 116 valence electrons. The number of carbonyl (C=O) groups excluding carboxylic acids is 1.